The van der Waals surface area contributed by atoms with Gasteiger partial charge in [0.25, 0.3) is 5.91 Å². The van der Waals surface area contributed by atoms with Gasteiger partial charge in [-0.25, -0.2) is 4.79 Å². The monoisotopic (exact) mass is 507 g/mol. The van der Waals surface area contributed by atoms with Crippen molar-refractivity contribution in [3.63, 3.8) is 0 Å². The number of pyridine rings is 1. The van der Waals surface area contributed by atoms with Gasteiger partial charge in [0, 0.05) is 27.8 Å². The molecule has 2 aromatic carbocycles. The largest absolute Gasteiger partial charge is 0.614 e. The number of carbonyl (C=O) groups excluding carboxylic acids is 2. The first-order chi connectivity index (χ1) is 16.9. The summed E-state index contributed by atoms with van der Waals surface area (Å²) in [7, 11) is 0. The van der Waals surface area contributed by atoms with Gasteiger partial charge in [0.15, 0.2) is 6.04 Å². The van der Waals surface area contributed by atoms with Gasteiger partial charge in [-0.1, -0.05) is 48.5 Å². The Bertz CT molecular complexity index is 1340. The molecule has 2 aliphatic heterocycles. The highest BCUT2D eigenvalue weighted by Crippen LogP contribution is 2.39. The number of benzene rings is 2. The molecule has 3 atom stereocenters. The second-order valence-corrected chi connectivity index (χ2v) is 10.8. The van der Waals surface area contributed by atoms with E-state index in [0.717, 1.165) is 26.3 Å². The molecule has 8 nitrogen and oxygen atoms in total. The molecule has 3 heterocycles. The number of aromatic nitrogens is 1. The Morgan fingerprint density at radius 2 is 1.91 bits per heavy atom. The van der Waals surface area contributed by atoms with E-state index < -0.39 is 34.5 Å². The van der Waals surface area contributed by atoms with Gasteiger partial charge in [-0.05, 0) is 28.9 Å². The van der Waals surface area contributed by atoms with Crippen LogP contribution in [0.2, 0.25) is 0 Å². The summed E-state index contributed by atoms with van der Waals surface area (Å²) in [5.74, 6) is -1.91. The topological polar surface area (TPSA) is 123 Å². The van der Waals surface area contributed by atoms with Crippen LogP contribution in [-0.2, 0) is 32.0 Å². The second-order valence-electron chi connectivity index (χ2n) is 8.21. The number of hydrogen-bond donors (Lipinski definition) is 2. The van der Waals surface area contributed by atoms with E-state index in [1.165, 1.54) is 11.8 Å². The summed E-state index contributed by atoms with van der Waals surface area (Å²) < 4.78 is 13.1. The number of amides is 2. The number of rotatable bonds is 7. The fraction of sp³-hybridized carbons (Fsp3) is 0.200. The summed E-state index contributed by atoms with van der Waals surface area (Å²) >= 11 is -0.159. The third-order valence-corrected chi connectivity index (χ3v) is 8.72. The number of aliphatic carboxylic acids is 1. The number of thioether (sulfide) groups is 1. The molecule has 178 valence electrons. The highest BCUT2D eigenvalue weighted by atomic mass is 32.2. The zero-order valence-electron chi connectivity index (χ0n) is 18.4. The average molecular weight is 508 g/mol. The van der Waals surface area contributed by atoms with E-state index in [4.69, 9.17) is 0 Å². The summed E-state index contributed by atoms with van der Waals surface area (Å²) in [6.07, 6.45) is 1.77. The highest BCUT2D eigenvalue weighted by molar-refractivity contribution is 7.99. The molecule has 1 aromatic heterocycles. The Kier molecular flexibility index (Phi) is 6.50. The fourth-order valence-electron chi connectivity index (χ4n) is 4.33. The number of β-lactam (4-membered cyclic amide) rings is 1. The first kappa shape index (κ1) is 23.4. The normalized spacial score (nSPS) is 21.5. The van der Waals surface area contributed by atoms with E-state index >= 15 is 0 Å². The lowest BCUT2D eigenvalue weighted by molar-refractivity contribution is -0.151. The molecule has 10 heteroatoms. The zero-order valence-corrected chi connectivity index (χ0v) is 20.1. The van der Waals surface area contributed by atoms with Crippen LogP contribution in [0.1, 0.15) is 5.56 Å². The van der Waals surface area contributed by atoms with Crippen LogP contribution >= 0.6 is 11.8 Å². The molecule has 35 heavy (non-hydrogen) atoms. The number of nitrogens with one attached hydrogen (secondary N) is 1. The lowest BCUT2D eigenvalue weighted by Gasteiger charge is -2.49. The molecule has 1 unspecified atom stereocenters. The van der Waals surface area contributed by atoms with Gasteiger partial charge >= 0.3 is 5.97 Å². The molecule has 3 aromatic rings. The van der Waals surface area contributed by atoms with Crippen molar-refractivity contribution in [3.05, 3.63) is 83.7 Å². The standard InChI is InChI=1S/C25H21N3O5S2/c29-19(12-15-6-2-1-3-7-15)27-21-23(30)28-22(25(31)32)17(14-35(33)24(21)28)13-34-18-10-4-8-16-9-5-11-26-20(16)18/h1-11,21,24H,12-14H2,(H,27,29)(H,31,32)/t21-,24-,35?/m1/s1. The smallest absolute Gasteiger partial charge is 0.352 e. The number of para-hydroxylation sites is 1. The van der Waals surface area contributed by atoms with Crippen molar-refractivity contribution in [3.8, 4) is 0 Å². The summed E-state index contributed by atoms with van der Waals surface area (Å²) in [6, 6.07) is 17.6. The predicted molar refractivity (Wildman–Crippen MR) is 133 cm³/mol. The number of carboxylic acids is 1. The predicted octanol–water partition coefficient (Wildman–Crippen LogP) is 2.32. The van der Waals surface area contributed by atoms with Crippen LogP contribution in [0.5, 0.6) is 0 Å². The minimum atomic E-state index is -1.55. The lowest BCUT2D eigenvalue weighted by atomic mass is 10.0. The maximum Gasteiger partial charge on any atom is 0.352 e. The zero-order chi connectivity index (χ0) is 24.5. The van der Waals surface area contributed by atoms with Gasteiger partial charge in [-0.2, -0.15) is 0 Å². The fourth-order valence-corrected chi connectivity index (χ4v) is 7.19. The molecular formula is C25H21N3O5S2. The Morgan fingerprint density at radius 3 is 2.69 bits per heavy atom. The van der Waals surface area contributed by atoms with Crippen molar-refractivity contribution in [1.82, 2.24) is 15.2 Å². The third kappa shape index (κ3) is 4.52. The number of carboxylic acid groups (broad SMARTS) is 1. The van der Waals surface area contributed by atoms with Crippen LogP contribution in [-0.4, -0.2) is 60.2 Å². The molecule has 2 N–H and O–H groups in total. The minimum absolute atomic E-state index is 0.0202. The Morgan fingerprint density at radius 1 is 1.14 bits per heavy atom. The first-order valence-electron chi connectivity index (χ1n) is 10.9. The van der Waals surface area contributed by atoms with Crippen molar-refractivity contribution >= 4 is 51.6 Å². The summed E-state index contributed by atoms with van der Waals surface area (Å²) in [4.78, 5) is 43.9. The SMILES string of the molecule is O=C(Cc1ccccc1)N[C@@H]1C(=O)N2C(C(=O)O)=C(CSc3cccc4cccnc34)C[S+]([O-])[C@H]12. The van der Waals surface area contributed by atoms with Crippen molar-refractivity contribution in [1.29, 1.82) is 0 Å². The van der Waals surface area contributed by atoms with Gasteiger partial charge < -0.3 is 15.0 Å². The summed E-state index contributed by atoms with van der Waals surface area (Å²) in [6.45, 7) is 0. The van der Waals surface area contributed by atoms with Crippen LogP contribution in [0, 0.1) is 0 Å². The van der Waals surface area contributed by atoms with Crippen molar-refractivity contribution < 1.29 is 24.0 Å². The Balaban J connectivity index is 1.33. The van der Waals surface area contributed by atoms with Crippen LogP contribution < -0.4 is 5.32 Å². The number of fused-ring (bicyclic) bond motifs is 2. The molecular weight excluding hydrogens is 486 g/mol. The molecule has 0 radical (unpaired) electrons. The van der Waals surface area contributed by atoms with E-state index in [1.807, 2.05) is 48.5 Å². The summed E-state index contributed by atoms with van der Waals surface area (Å²) in [5, 5.41) is 12.6. The van der Waals surface area contributed by atoms with Crippen LogP contribution in [0.25, 0.3) is 10.9 Å². The molecule has 2 aliphatic rings. The first-order valence-corrected chi connectivity index (χ1v) is 13.3. The molecule has 5 rings (SSSR count). The Labute approximate surface area is 208 Å². The van der Waals surface area contributed by atoms with Crippen molar-refractivity contribution in [2.45, 2.75) is 22.7 Å². The van der Waals surface area contributed by atoms with Crippen molar-refractivity contribution in [2.75, 3.05) is 11.5 Å². The number of carbonyl (C=O) groups is 3. The molecule has 0 saturated carbocycles. The second kappa shape index (κ2) is 9.73. The average Bonchev–Trinajstić information content (AvgIpc) is 2.86. The maximum atomic E-state index is 13.1. The maximum absolute atomic E-state index is 13.1. The summed E-state index contributed by atoms with van der Waals surface area (Å²) in [5.41, 5.74) is 1.86. The molecule has 0 spiro atoms. The van der Waals surface area contributed by atoms with E-state index in [-0.39, 0.29) is 29.5 Å². The molecule has 2 amide bonds. The quantitative estimate of drug-likeness (QED) is 0.286. The highest BCUT2D eigenvalue weighted by Gasteiger charge is 2.60. The van der Waals surface area contributed by atoms with Crippen molar-refractivity contribution in [2.24, 2.45) is 0 Å². The van der Waals surface area contributed by atoms with Crippen LogP contribution in [0.4, 0.5) is 0 Å². The van der Waals surface area contributed by atoms with Gasteiger partial charge in [0.05, 0.1) is 11.9 Å². The molecule has 1 saturated heterocycles. The molecule has 0 bridgehead atoms. The van der Waals surface area contributed by atoms with Gasteiger partial charge in [0.1, 0.15) is 11.4 Å². The lowest BCUT2D eigenvalue weighted by Crippen LogP contribution is -2.75. The number of nitrogens with zero attached hydrogens (tertiary/aromatic N) is 2. The van der Waals surface area contributed by atoms with Crippen LogP contribution in [0.3, 0.4) is 0 Å². The Hall–Kier alpha value is -3.34. The van der Waals surface area contributed by atoms with E-state index in [9.17, 15) is 24.0 Å². The third-order valence-electron chi connectivity index (χ3n) is 5.93. The van der Waals surface area contributed by atoms with Gasteiger partial charge in [-0.15, -0.1) is 11.8 Å². The molecule has 0 aliphatic carbocycles. The van der Waals surface area contributed by atoms with Gasteiger partial charge in [0.2, 0.25) is 11.3 Å². The van der Waals surface area contributed by atoms with E-state index in [0.29, 0.717) is 5.57 Å². The van der Waals surface area contributed by atoms with E-state index in [2.05, 4.69) is 10.3 Å². The molecule has 1 fully saturated rings. The van der Waals surface area contributed by atoms with E-state index in [1.54, 1.807) is 18.3 Å². The minimum Gasteiger partial charge on any atom is -0.614 e. The van der Waals surface area contributed by atoms with Gasteiger partial charge in [-0.3, -0.25) is 19.5 Å². The number of hydrogen-bond acceptors (Lipinski definition) is 6. The van der Waals surface area contributed by atoms with Crippen LogP contribution in [0.15, 0.2) is 83.0 Å².